The lowest BCUT2D eigenvalue weighted by Gasteiger charge is -2.12. The van der Waals surface area contributed by atoms with Gasteiger partial charge in [-0.15, -0.1) is 11.3 Å². The lowest BCUT2D eigenvalue weighted by molar-refractivity contribution is -0.118. The van der Waals surface area contributed by atoms with Crippen LogP contribution in [0.5, 0.6) is 0 Å². The van der Waals surface area contributed by atoms with Gasteiger partial charge in [-0.1, -0.05) is 0 Å². The highest BCUT2D eigenvalue weighted by molar-refractivity contribution is 7.18. The van der Waals surface area contributed by atoms with E-state index in [4.69, 9.17) is 5.73 Å². The Morgan fingerprint density at radius 1 is 1.55 bits per heavy atom. The summed E-state index contributed by atoms with van der Waals surface area (Å²) in [5.41, 5.74) is 5.12. The Bertz CT molecular complexity index is 595. The highest BCUT2D eigenvalue weighted by Crippen LogP contribution is 2.21. The average molecular weight is 295 g/mol. The van der Waals surface area contributed by atoms with E-state index in [1.54, 1.807) is 11.0 Å². The van der Waals surface area contributed by atoms with Crippen LogP contribution in [0.25, 0.3) is 0 Å². The molecule has 1 aliphatic rings. The number of urea groups is 1. The first-order chi connectivity index (χ1) is 9.49. The van der Waals surface area contributed by atoms with Gasteiger partial charge in [0.25, 0.3) is 5.91 Å². The van der Waals surface area contributed by atoms with E-state index in [1.807, 2.05) is 6.92 Å². The molecule has 8 nitrogen and oxygen atoms in total. The number of aliphatic imine (C=N–C) groups is 1. The summed E-state index contributed by atoms with van der Waals surface area (Å²) in [7, 11) is 0. The molecule has 2 rings (SSSR count). The molecule has 4 N–H and O–H groups in total. The van der Waals surface area contributed by atoms with Gasteiger partial charge in [0, 0.05) is 6.54 Å². The fourth-order valence-electron chi connectivity index (χ4n) is 1.62. The van der Waals surface area contributed by atoms with E-state index >= 15 is 0 Å². The second-order valence-electron chi connectivity index (χ2n) is 3.96. The molecule has 9 heteroatoms. The first kappa shape index (κ1) is 14.0. The van der Waals surface area contributed by atoms with Gasteiger partial charge in [0.05, 0.1) is 9.88 Å². The smallest absolute Gasteiger partial charge is 0.349 e. The van der Waals surface area contributed by atoms with Crippen molar-refractivity contribution in [3.63, 3.8) is 0 Å². The molecule has 1 saturated heterocycles. The van der Waals surface area contributed by atoms with Gasteiger partial charge in [0.1, 0.15) is 6.54 Å². The monoisotopic (exact) mass is 295 g/mol. The van der Waals surface area contributed by atoms with Crippen LogP contribution in [0.3, 0.4) is 0 Å². The zero-order chi connectivity index (χ0) is 14.7. The van der Waals surface area contributed by atoms with Crippen LogP contribution in [-0.4, -0.2) is 41.8 Å². The Kier molecular flexibility index (Phi) is 3.99. The van der Waals surface area contributed by atoms with Gasteiger partial charge in [-0.2, -0.15) is 4.99 Å². The van der Waals surface area contributed by atoms with Crippen LogP contribution in [0, 0.1) is 0 Å². The van der Waals surface area contributed by atoms with Crippen molar-refractivity contribution in [3.8, 4) is 0 Å². The number of carbonyl (C=O) groups excluding carboxylic acids is 3. The molecule has 0 spiro atoms. The number of likely N-dealkylation sites (N-methyl/N-ethyl adjacent to an activating group) is 1. The van der Waals surface area contributed by atoms with Gasteiger partial charge in [0.2, 0.25) is 11.9 Å². The summed E-state index contributed by atoms with van der Waals surface area (Å²) in [6.45, 7) is 2.61. The van der Waals surface area contributed by atoms with E-state index in [2.05, 4.69) is 15.6 Å². The largest absolute Gasteiger partial charge is 0.365 e. The molecule has 2 heterocycles. The quantitative estimate of drug-likeness (QED) is 0.737. The van der Waals surface area contributed by atoms with Crippen molar-refractivity contribution >= 4 is 40.1 Å². The van der Waals surface area contributed by atoms with Crippen molar-refractivity contribution in [2.24, 2.45) is 10.7 Å². The lowest BCUT2D eigenvalue weighted by Crippen LogP contribution is -2.31. The Hall–Kier alpha value is -2.42. The number of nitrogens with zero attached hydrogens (tertiary/aromatic N) is 2. The minimum absolute atomic E-state index is 0.188. The summed E-state index contributed by atoms with van der Waals surface area (Å²) in [5.74, 6) is -0.533. The number of anilines is 1. The maximum atomic E-state index is 11.7. The predicted octanol–water partition coefficient (Wildman–Crippen LogP) is 0.187. The number of nitrogens with two attached hydrogens (primary N) is 1. The van der Waals surface area contributed by atoms with Crippen molar-refractivity contribution in [2.75, 3.05) is 18.4 Å². The number of rotatable bonds is 3. The molecule has 0 unspecified atom stereocenters. The summed E-state index contributed by atoms with van der Waals surface area (Å²) in [4.78, 5) is 39.7. The molecular formula is C11H13N5O3S. The second-order valence-corrected chi connectivity index (χ2v) is 5.04. The summed E-state index contributed by atoms with van der Waals surface area (Å²) in [5, 5.41) is 5.47. The van der Waals surface area contributed by atoms with E-state index in [1.165, 1.54) is 6.07 Å². The van der Waals surface area contributed by atoms with Gasteiger partial charge >= 0.3 is 6.03 Å². The number of primary amides is 1. The Morgan fingerprint density at radius 2 is 2.30 bits per heavy atom. The molecule has 1 fully saturated rings. The Balaban J connectivity index is 2.04. The summed E-state index contributed by atoms with van der Waals surface area (Å²) < 4.78 is 0. The van der Waals surface area contributed by atoms with E-state index in [-0.39, 0.29) is 18.4 Å². The van der Waals surface area contributed by atoms with Gasteiger partial charge in [0.15, 0.2) is 0 Å². The van der Waals surface area contributed by atoms with Crippen molar-refractivity contribution < 1.29 is 14.4 Å². The number of hydrogen-bond acceptors (Lipinski definition) is 4. The van der Waals surface area contributed by atoms with Gasteiger partial charge < -0.3 is 10.6 Å². The van der Waals surface area contributed by atoms with E-state index < -0.39 is 11.9 Å². The highest BCUT2D eigenvalue weighted by Gasteiger charge is 2.24. The molecular weight excluding hydrogens is 282 g/mol. The van der Waals surface area contributed by atoms with Gasteiger partial charge in [-0.3, -0.25) is 20.2 Å². The van der Waals surface area contributed by atoms with Crippen LogP contribution in [0.4, 0.5) is 9.80 Å². The summed E-state index contributed by atoms with van der Waals surface area (Å²) in [6.07, 6.45) is 0. The highest BCUT2D eigenvalue weighted by atomic mass is 32.1. The van der Waals surface area contributed by atoms with Crippen LogP contribution in [0.1, 0.15) is 16.6 Å². The molecule has 20 heavy (non-hydrogen) atoms. The topological polar surface area (TPSA) is 117 Å². The molecule has 0 radical (unpaired) electrons. The van der Waals surface area contributed by atoms with Crippen LogP contribution >= 0.6 is 11.3 Å². The van der Waals surface area contributed by atoms with Crippen molar-refractivity contribution in [2.45, 2.75) is 6.92 Å². The normalized spacial score (nSPS) is 16.4. The number of nitrogens with one attached hydrogen (secondary N) is 2. The van der Waals surface area contributed by atoms with E-state index in [9.17, 15) is 14.4 Å². The SMILES string of the molecule is CCN1CC(=O)NC1=NC(=O)Nc1ccc(C(N)=O)s1. The predicted molar refractivity (Wildman–Crippen MR) is 74.7 cm³/mol. The van der Waals surface area contributed by atoms with Crippen LogP contribution in [-0.2, 0) is 4.79 Å². The van der Waals surface area contributed by atoms with E-state index in [0.29, 0.717) is 16.4 Å². The number of amides is 4. The number of carbonyl (C=O) groups is 3. The molecule has 4 amide bonds. The maximum Gasteiger partial charge on any atom is 0.349 e. The number of guanidine groups is 1. The second kappa shape index (κ2) is 5.70. The van der Waals surface area contributed by atoms with Crippen LogP contribution < -0.4 is 16.4 Å². The molecule has 1 aromatic rings. The Labute approximate surface area is 118 Å². The molecule has 0 saturated carbocycles. The molecule has 1 aromatic heterocycles. The van der Waals surface area contributed by atoms with Crippen molar-refractivity contribution in [1.82, 2.24) is 10.2 Å². The minimum atomic E-state index is -0.626. The first-order valence-electron chi connectivity index (χ1n) is 5.83. The molecule has 0 bridgehead atoms. The van der Waals surface area contributed by atoms with Gasteiger partial charge in [-0.05, 0) is 19.1 Å². The van der Waals surface area contributed by atoms with Crippen molar-refractivity contribution in [3.05, 3.63) is 17.0 Å². The fourth-order valence-corrected chi connectivity index (χ4v) is 2.37. The standard InChI is InChI=1S/C11H13N5O3S/c1-2-16-5-7(17)13-10(16)15-11(19)14-8-4-3-6(20-8)9(12)18/h3-4H,2,5H2,1H3,(H2,12,18)(H2,13,14,15,17,19). The average Bonchev–Trinajstić information content (AvgIpc) is 2.96. The molecule has 106 valence electrons. The third kappa shape index (κ3) is 3.12. The summed E-state index contributed by atoms with van der Waals surface area (Å²) >= 11 is 1.06. The number of thiophene rings is 1. The molecule has 0 aromatic carbocycles. The zero-order valence-corrected chi connectivity index (χ0v) is 11.5. The van der Waals surface area contributed by atoms with Gasteiger partial charge in [-0.25, -0.2) is 4.79 Å². The molecule has 1 aliphatic heterocycles. The van der Waals surface area contributed by atoms with E-state index in [0.717, 1.165) is 11.3 Å². The minimum Gasteiger partial charge on any atom is -0.365 e. The zero-order valence-electron chi connectivity index (χ0n) is 10.7. The fraction of sp³-hybridized carbons (Fsp3) is 0.273. The Morgan fingerprint density at radius 3 is 2.90 bits per heavy atom. The summed E-state index contributed by atoms with van der Waals surface area (Å²) in [6, 6.07) is 2.46. The van der Waals surface area contributed by atoms with Crippen LogP contribution in [0.2, 0.25) is 0 Å². The third-order valence-corrected chi connectivity index (χ3v) is 3.57. The van der Waals surface area contributed by atoms with Crippen molar-refractivity contribution in [1.29, 1.82) is 0 Å². The first-order valence-corrected chi connectivity index (χ1v) is 6.65. The lowest BCUT2D eigenvalue weighted by atomic mass is 10.4. The maximum absolute atomic E-state index is 11.7. The molecule has 0 atom stereocenters. The van der Waals surface area contributed by atoms with Crippen LogP contribution in [0.15, 0.2) is 17.1 Å². The number of hydrogen-bond donors (Lipinski definition) is 3. The third-order valence-electron chi connectivity index (χ3n) is 2.55. The molecule has 0 aliphatic carbocycles.